The van der Waals surface area contributed by atoms with E-state index in [4.69, 9.17) is 9.47 Å². The number of alkyl halides is 2. The standard InChI is InChI=1S/C14H16F2N2O6/c1-22-6-5-17-13(19)4-3-9-7-11(23-2)12(24-14(15)16)8-10(9)18(20)21/h3-4,7-8,14H,5-6H2,1-2H3,(H,17,19). The Bertz CT molecular complexity index is 622. The lowest BCUT2D eigenvalue weighted by Crippen LogP contribution is -2.24. The first kappa shape index (κ1) is 19.3. The van der Waals surface area contributed by atoms with Crippen LogP contribution in [0.1, 0.15) is 5.56 Å². The van der Waals surface area contributed by atoms with Gasteiger partial charge in [0, 0.05) is 19.7 Å². The number of carbonyl (C=O) groups is 1. The number of halogens is 2. The zero-order valence-corrected chi connectivity index (χ0v) is 13.0. The van der Waals surface area contributed by atoms with E-state index in [9.17, 15) is 23.7 Å². The second-order valence-corrected chi connectivity index (χ2v) is 4.31. The molecule has 0 aromatic heterocycles. The van der Waals surface area contributed by atoms with Gasteiger partial charge in [0.1, 0.15) is 0 Å². The van der Waals surface area contributed by atoms with Crippen LogP contribution in [0.3, 0.4) is 0 Å². The molecule has 0 bridgehead atoms. The van der Waals surface area contributed by atoms with Crippen molar-refractivity contribution in [2.45, 2.75) is 6.61 Å². The lowest BCUT2D eigenvalue weighted by atomic mass is 10.1. The molecule has 1 N–H and O–H groups in total. The number of nitro benzene ring substituents is 1. The molecule has 1 aromatic rings. The number of methoxy groups -OCH3 is 2. The Morgan fingerprint density at radius 2 is 2.08 bits per heavy atom. The summed E-state index contributed by atoms with van der Waals surface area (Å²) in [5, 5.41) is 13.6. The number of ether oxygens (including phenoxy) is 3. The summed E-state index contributed by atoms with van der Waals surface area (Å²) in [6.45, 7) is -2.58. The third-order valence-electron chi connectivity index (χ3n) is 2.75. The van der Waals surface area contributed by atoms with Crippen molar-refractivity contribution in [1.29, 1.82) is 0 Å². The third-order valence-corrected chi connectivity index (χ3v) is 2.75. The van der Waals surface area contributed by atoms with Crippen LogP contribution in [0.2, 0.25) is 0 Å². The average Bonchev–Trinajstić information content (AvgIpc) is 2.52. The van der Waals surface area contributed by atoms with E-state index in [0.717, 1.165) is 18.2 Å². The fraction of sp³-hybridized carbons (Fsp3) is 0.357. The van der Waals surface area contributed by atoms with Crippen molar-refractivity contribution in [1.82, 2.24) is 5.32 Å². The molecule has 0 saturated heterocycles. The van der Waals surface area contributed by atoms with Gasteiger partial charge in [-0.25, -0.2) is 0 Å². The fourth-order valence-corrected chi connectivity index (χ4v) is 1.70. The smallest absolute Gasteiger partial charge is 0.387 e. The molecular formula is C14H16F2N2O6. The van der Waals surface area contributed by atoms with E-state index >= 15 is 0 Å². The number of hydrogen-bond donors (Lipinski definition) is 1. The minimum atomic E-state index is -3.16. The summed E-state index contributed by atoms with van der Waals surface area (Å²) in [6, 6.07) is 1.95. The highest BCUT2D eigenvalue weighted by atomic mass is 19.3. The summed E-state index contributed by atoms with van der Waals surface area (Å²) < 4.78 is 38.5. The number of benzene rings is 1. The molecule has 0 atom stereocenters. The maximum absolute atomic E-state index is 12.3. The first-order chi connectivity index (χ1) is 11.4. The molecule has 1 rings (SSSR count). The van der Waals surface area contributed by atoms with Gasteiger partial charge in [0.15, 0.2) is 11.5 Å². The van der Waals surface area contributed by atoms with E-state index in [2.05, 4.69) is 10.1 Å². The van der Waals surface area contributed by atoms with Gasteiger partial charge in [0.2, 0.25) is 5.91 Å². The zero-order valence-electron chi connectivity index (χ0n) is 13.0. The molecule has 0 aliphatic carbocycles. The molecule has 0 aliphatic rings. The highest BCUT2D eigenvalue weighted by Gasteiger charge is 2.20. The van der Waals surface area contributed by atoms with Crippen LogP contribution in [0.15, 0.2) is 18.2 Å². The topological polar surface area (TPSA) is 99.9 Å². The lowest BCUT2D eigenvalue weighted by Gasteiger charge is -2.10. The Balaban J connectivity index is 3.08. The van der Waals surface area contributed by atoms with Crippen LogP contribution in [0.25, 0.3) is 6.08 Å². The molecule has 0 fully saturated rings. The summed E-state index contributed by atoms with van der Waals surface area (Å²) in [6.07, 6.45) is 2.25. The summed E-state index contributed by atoms with van der Waals surface area (Å²) in [4.78, 5) is 21.9. The summed E-state index contributed by atoms with van der Waals surface area (Å²) in [7, 11) is 2.67. The first-order valence-electron chi connectivity index (χ1n) is 6.65. The maximum atomic E-state index is 12.3. The zero-order chi connectivity index (χ0) is 18.1. The Labute approximate surface area is 136 Å². The van der Waals surface area contributed by atoms with Crippen molar-refractivity contribution < 1.29 is 32.7 Å². The number of carbonyl (C=O) groups excluding carboxylic acids is 1. The molecule has 1 aromatic carbocycles. The molecule has 0 saturated carbocycles. The van der Waals surface area contributed by atoms with Crippen LogP contribution in [-0.4, -0.2) is 44.8 Å². The molecule has 1 amide bonds. The number of hydrogen-bond acceptors (Lipinski definition) is 6. The Hall–Kier alpha value is -2.75. The third kappa shape index (κ3) is 5.80. The quantitative estimate of drug-likeness (QED) is 0.318. The number of nitrogens with one attached hydrogen (secondary N) is 1. The SMILES string of the molecule is COCCNC(=O)C=Cc1cc(OC)c(OC(F)F)cc1[N+](=O)[O-]. The van der Waals surface area contributed by atoms with E-state index in [1.54, 1.807) is 0 Å². The van der Waals surface area contributed by atoms with Crippen molar-refractivity contribution in [2.24, 2.45) is 0 Å². The van der Waals surface area contributed by atoms with Gasteiger partial charge in [0.05, 0.1) is 30.3 Å². The second-order valence-electron chi connectivity index (χ2n) is 4.31. The Morgan fingerprint density at radius 3 is 2.62 bits per heavy atom. The number of nitrogens with zero attached hydrogens (tertiary/aromatic N) is 1. The molecule has 0 heterocycles. The number of nitro groups is 1. The van der Waals surface area contributed by atoms with Crippen molar-refractivity contribution in [3.8, 4) is 11.5 Å². The number of amides is 1. The van der Waals surface area contributed by atoms with Crippen molar-refractivity contribution in [2.75, 3.05) is 27.4 Å². The molecular weight excluding hydrogens is 330 g/mol. The Morgan fingerprint density at radius 1 is 1.38 bits per heavy atom. The maximum Gasteiger partial charge on any atom is 0.387 e. The van der Waals surface area contributed by atoms with Crippen molar-refractivity contribution in [3.05, 3.63) is 33.9 Å². The van der Waals surface area contributed by atoms with E-state index in [1.165, 1.54) is 20.3 Å². The van der Waals surface area contributed by atoms with Gasteiger partial charge < -0.3 is 19.5 Å². The van der Waals surface area contributed by atoms with E-state index in [0.29, 0.717) is 6.61 Å². The molecule has 132 valence electrons. The van der Waals surface area contributed by atoms with Gasteiger partial charge in [-0.15, -0.1) is 0 Å². The summed E-state index contributed by atoms with van der Waals surface area (Å²) >= 11 is 0. The van der Waals surface area contributed by atoms with Crippen molar-refractivity contribution in [3.63, 3.8) is 0 Å². The monoisotopic (exact) mass is 346 g/mol. The normalized spacial score (nSPS) is 10.9. The highest BCUT2D eigenvalue weighted by molar-refractivity contribution is 5.92. The molecule has 0 radical (unpaired) electrons. The van der Waals surface area contributed by atoms with E-state index < -0.39 is 28.9 Å². The highest BCUT2D eigenvalue weighted by Crippen LogP contribution is 2.36. The predicted molar refractivity (Wildman–Crippen MR) is 80.2 cm³/mol. The largest absolute Gasteiger partial charge is 0.493 e. The van der Waals surface area contributed by atoms with Crippen LogP contribution in [0, 0.1) is 10.1 Å². The first-order valence-corrected chi connectivity index (χ1v) is 6.65. The van der Waals surface area contributed by atoms with Gasteiger partial charge in [-0.1, -0.05) is 0 Å². The Kier molecular flexibility index (Phi) is 7.56. The molecule has 10 heteroatoms. The van der Waals surface area contributed by atoms with E-state index in [1.807, 2.05) is 0 Å². The molecule has 0 unspecified atom stereocenters. The predicted octanol–water partition coefficient (Wildman–Crippen LogP) is 1.98. The molecule has 0 aliphatic heterocycles. The van der Waals surface area contributed by atoms with Gasteiger partial charge in [-0.2, -0.15) is 8.78 Å². The second kappa shape index (κ2) is 9.40. The molecule has 8 nitrogen and oxygen atoms in total. The minimum absolute atomic E-state index is 0.000331. The molecule has 24 heavy (non-hydrogen) atoms. The average molecular weight is 346 g/mol. The van der Waals surface area contributed by atoms with Crippen LogP contribution < -0.4 is 14.8 Å². The summed E-state index contributed by atoms with van der Waals surface area (Å²) in [5.74, 6) is -1.09. The van der Waals surface area contributed by atoms with Crippen LogP contribution >= 0.6 is 0 Å². The molecule has 0 spiro atoms. The van der Waals surface area contributed by atoms with Gasteiger partial charge in [0.25, 0.3) is 5.69 Å². The van der Waals surface area contributed by atoms with Crippen molar-refractivity contribution >= 4 is 17.7 Å². The van der Waals surface area contributed by atoms with Gasteiger partial charge in [-0.3, -0.25) is 14.9 Å². The fourth-order valence-electron chi connectivity index (χ4n) is 1.70. The van der Waals surface area contributed by atoms with Gasteiger partial charge in [-0.05, 0) is 12.1 Å². The van der Waals surface area contributed by atoms with Crippen LogP contribution in [-0.2, 0) is 9.53 Å². The van der Waals surface area contributed by atoms with E-state index in [-0.39, 0.29) is 17.9 Å². The summed E-state index contributed by atoms with van der Waals surface area (Å²) in [5.41, 5.74) is -0.507. The van der Waals surface area contributed by atoms with Crippen LogP contribution in [0.5, 0.6) is 11.5 Å². The lowest BCUT2D eigenvalue weighted by molar-refractivity contribution is -0.385. The number of rotatable bonds is 9. The minimum Gasteiger partial charge on any atom is -0.493 e. The van der Waals surface area contributed by atoms with Gasteiger partial charge >= 0.3 is 6.61 Å². The van der Waals surface area contributed by atoms with Crippen LogP contribution in [0.4, 0.5) is 14.5 Å².